The Kier molecular flexibility index (Phi) is 4.74. The summed E-state index contributed by atoms with van der Waals surface area (Å²) in [7, 11) is 0. The minimum atomic E-state index is 0.135. The number of aromatic nitrogens is 1. The minimum absolute atomic E-state index is 0.135. The van der Waals surface area contributed by atoms with Gasteiger partial charge in [0, 0.05) is 23.1 Å². The Labute approximate surface area is 184 Å². The van der Waals surface area contributed by atoms with Crippen molar-refractivity contribution in [2.24, 2.45) is 0 Å². The molecule has 4 aromatic rings. The molecule has 0 saturated carbocycles. The van der Waals surface area contributed by atoms with Gasteiger partial charge in [-0.05, 0) is 46.9 Å². The van der Waals surface area contributed by atoms with Crippen molar-refractivity contribution in [2.75, 3.05) is 16.5 Å². The molecular weight excluding hydrogens is 378 g/mol. The van der Waals surface area contributed by atoms with Gasteiger partial charge in [0.25, 0.3) is 0 Å². The highest BCUT2D eigenvalue weighted by Crippen LogP contribution is 2.48. The SMILES string of the molecule is CC(C)(C)c1ccc(N2CN(c3ccccc3)c3c(-c4ccccc4)ccnc32)cc1. The molecule has 3 nitrogen and oxygen atoms in total. The van der Waals surface area contributed by atoms with Crippen molar-refractivity contribution >= 4 is 22.9 Å². The molecule has 0 spiro atoms. The van der Waals surface area contributed by atoms with Crippen LogP contribution in [0.15, 0.2) is 97.2 Å². The van der Waals surface area contributed by atoms with Crippen LogP contribution in [-0.4, -0.2) is 11.7 Å². The summed E-state index contributed by atoms with van der Waals surface area (Å²) < 4.78 is 0. The third kappa shape index (κ3) is 3.57. The lowest BCUT2D eigenvalue weighted by atomic mass is 9.87. The van der Waals surface area contributed by atoms with E-state index < -0.39 is 0 Å². The van der Waals surface area contributed by atoms with Gasteiger partial charge in [-0.25, -0.2) is 4.98 Å². The van der Waals surface area contributed by atoms with Crippen LogP contribution in [0.5, 0.6) is 0 Å². The first-order valence-corrected chi connectivity index (χ1v) is 10.8. The van der Waals surface area contributed by atoms with Gasteiger partial charge in [-0.1, -0.05) is 81.4 Å². The van der Waals surface area contributed by atoms with Gasteiger partial charge >= 0.3 is 0 Å². The predicted molar refractivity (Wildman–Crippen MR) is 130 cm³/mol. The average Bonchev–Trinajstić information content (AvgIpc) is 3.20. The first-order chi connectivity index (χ1) is 15.0. The van der Waals surface area contributed by atoms with Crippen LogP contribution < -0.4 is 9.80 Å². The molecule has 0 radical (unpaired) electrons. The van der Waals surface area contributed by atoms with Crippen molar-refractivity contribution in [1.29, 1.82) is 0 Å². The van der Waals surface area contributed by atoms with Crippen molar-refractivity contribution in [3.05, 3.63) is 103 Å². The lowest BCUT2D eigenvalue weighted by molar-refractivity contribution is 0.590. The van der Waals surface area contributed by atoms with E-state index in [2.05, 4.69) is 122 Å². The molecule has 3 aromatic carbocycles. The zero-order chi connectivity index (χ0) is 21.4. The summed E-state index contributed by atoms with van der Waals surface area (Å²) in [5.41, 5.74) is 7.35. The average molecular weight is 406 g/mol. The fourth-order valence-electron chi connectivity index (χ4n) is 4.20. The van der Waals surface area contributed by atoms with Gasteiger partial charge in [-0.2, -0.15) is 0 Å². The summed E-state index contributed by atoms with van der Waals surface area (Å²) >= 11 is 0. The molecule has 0 unspecified atom stereocenters. The molecule has 154 valence electrons. The van der Waals surface area contributed by atoms with Gasteiger partial charge in [-0.3, -0.25) is 0 Å². The van der Waals surface area contributed by atoms with Crippen LogP contribution in [0.3, 0.4) is 0 Å². The van der Waals surface area contributed by atoms with Crippen molar-refractivity contribution < 1.29 is 0 Å². The van der Waals surface area contributed by atoms with E-state index in [1.807, 2.05) is 6.20 Å². The third-order valence-electron chi connectivity index (χ3n) is 5.91. The molecule has 0 aliphatic carbocycles. The van der Waals surface area contributed by atoms with Crippen molar-refractivity contribution in [2.45, 2.75) is 26.2 Å². The molecule has 1 aliphatic heterocycles. The minimum Gasteiger partial charge on any atom is -0.319 e. The van der Waals surface area contributed by atoms with Crippen molar-refractivity contribution in [1.82, 2.24) is 4.98 Å². The number of hydrogen-bond donors (Lipinski definition) is 0. The van der Waals surface area contributed by atoms with Gasteiger partial charge in [0.15, 0.2) is 5.82 Å². The first kappa shape index (κ1) is 19.4. The second-order valence-corrected chi connectivity index (χ2v) is 9.03. The fourth-order valence-corrected chi connectivity index (χ4v) is 4.20. The van der Waals surface area contributed by atoms with E-state index in [9.17, 15) is 0 Å². The van der Waals surface area contributed by atoms with E-state index >= 15 is 0 Å². The van der Waals surface area contributed by atoms with Crippen LogP contribution in [-0.2, 0) is 5.41 Å². The standard InChI is InChI=1S/C28H27N3/c1-28(2,3)22-14-16-24(17-15-22)31-20-30(23-12-8-5-9-13-23)26-25(18-19-29-27(26)31)21-10-6-4-7-11-21/h4-19H,20H2,1-3H3. The van der Waals surface area contributed by atoms with Crippen LogP contribution in [0.2, 0.25) is 0 Å². The summed E-state index contributed by atoms with van der Waals surface area (Å²) in [5.74, 6) is 0.994. The molecule has 2 heterocycles. The fraction of sp³-hybridized carbons (Fsp3) is 0.179. The molecular formula is C28H27N3. The zero-order valence-electron chi connectivity index (χ0n) is 18.3. The Hall–Kier alpha value is -3.59. The highest BCUT2D eigenvalue weighted by Gasteiger charge is 2.32. The van der Waals surface area contributed by atoms with Crippen LogP contribution in [0, 0.1) is 0 Å². The molecule has 0 atom stereocenters. The highest BCUT2D eigenvalue weighted by molar-refractivity contribution is 5.94. The van der Waals surface area contributed by atoms with E-state index in [0.29, 0.717) is 0 Å². The molecule has 5 rings (SSSR count). The van der Waals surface area contributed by atoms with Gasteiger partial charge in [-0.15, -0.1) is 0 Å². The molecule has 31 heavy (non-hydrogen) atoms. The highest BCUT2D eigenvalue weighted by atomic mass is 15.4. The maximum Gasteiger partial charge on any atom is 0.159 e. The monoisotopic (exact) mass is 405 g/mol. The van der Waals surface area contributed by atoms with E-state index in [4.69, 9.17) is 4.98 Å². The largest absolute Gasteiger partial charge is 0.319 e. The quantitative estimate of drug-likeness (QED) is 0.357. The number of anilines is 4. The van der Waals surface area contributed by atoms with Gasteiger partial charge in [0.1, 0.15) is 6.67 Å². The number of fused-ring (bicyclic) bond motifs is 1. The van der Waals surface area contributed by atoms with E-state index in [1.54, 1.807) is 0 Å². The number of nitrogens with zero attached hydrogens (tertiary/aromatic N) is 3. The van der Waals surface area contributed by atoms with E-state index in [1.165, 1.54) is 22.4 Å². The molecule has 0 bridgehead atoms. The topological polar surface area (TPSA) is 19.4 Å². The Morgan fingerprint density at radius 2 is 1.29 bits per heavy atom. The van der Waals surface area contributed by atoms with E-state index in [-0.39, 0.29) is 5.41 Å². The number of rotatable bonds is 3. The maximum atomic E-state index is 4.83. The zero-order valence-corrected chi connectivity index (χ0v) is 18.3. The van der Waals surface area contributed by atoms with Crippen LogP contribution >= 0.6 is 0 Å². The summed E-state index contributed by atoms with van der Waals surface area (Å²) in [6.07, 6.45) is 1.92. The molecule has 3 heteroatoms. The van der Waals surface area contributed by atoms with Gasteiger partial charge in [0.2, 0.25) is 0 Å². The molecule has 0 fully saturated rings. The molecule has 1 aliphatic rings. The number of hydrogen-bond acceptors (Lipinski definition) is 3. The third-order valence-corrected chi connectivity index (χ3v) is 5.91. The van der Waals surface area contributed by atoms with Crippen molar-refractivity contribution in [3.63, 3.8) is 0 Å². The predicted octanol–water partition coefficient (Wildman–Crippen LogP) is 7.29. The summed E-state index contributed by atoms with van der Waals surface area (Å²) in [4.78, 5) is 9.50. The Bertz CT molecular complexity index is 1180. The summed E-state index contributed by atoms with van der Waals surface area (Å²) in [6.45, 7) is 7.47. The van der Waals surface area contributed by atoms with E-state index in [0.717, 1.165) is 23.9 Å². The smallest absolute Gasteiger partial charge is 0.159 e. The van der Waals surface area contributed by atoms with Crippen LogP contribution in [0.25, 0.3) is 11.1 Å². The van der Waals surface area contributed by atoms with Crippen molar-refractivity contribution in [3.8, 4) is 11.1 Å². The second-order valence-electron chi connectivity index (χ2n) is 9.03. The second kappa shape index (κ2) is 7.59. The molecule has 1 aromatic heterocycles. The van der Waals surface area contributed by atoms with Crippen LogP contribution in [0.4, 0.5) is 22.9 Å². The lowest BCUT2D eigenvalue weighted by Gasteiger charge is -2.23. The lowest BCUT2D eigenvalue weighted by Crippen LogP contribution is -2.24. The molecule has 0 amide bonds. The summed E-state index contributed by atoms with van der Waals surface area (Å²) in [5, 5.41) is 0. The Balaban J connectivity index is 1.65. The first-order valence-electron chi connectivity index (χ1n) is 10.8. The molecule has 0 saturated heterocycles. The molecule has 0 N–H and O–H groups in total. The Morgan fingerprint density at radius 3 is 1.94 bits per heavy atom. The Morgan fingerprint density at radius 1 is 0.677 bits per heavy atom. The number of pyridine rings is 1. The normalized spacial score (nSPS) is 13.4. The summed E-state index contributed by atoms with van der Waals surface area (Å²) in [6, 6.07) is 32.2. The van der Waals surface area contributed by atoms with Gasteiger partial charge in [0.05, 0.1) is 5.69 Å². The van der Waals surface area contributed by atoms with Gasteiger partial charge < -0.3 is 9.80 Å². The maximum absolute atomic E-state index is 4.83. The van der Waals surface area contributed by atoms with Crippen LogP contribution in [0.1, 0.15) is 26.3 Å². The number of benzene rings is 3. The number of para-hydroxylation sites is 1.